The molecule has 3 aromatic carbocycles. The van der Waals surface area contributed by atoms with Crippen LogP contribution in [0, 0.1) is 11.8 Å². The molecule has 3 aromatic rings. The molecule has 0 spiro atoms. The van der Waals surface area contributed by atoms with Crippen molar-refractivity contribution >= 4 is 23.5 Å². The fourth-order valence-electron chi connectivity index (χ4n) is 6.54. The van der Waals surface area contributed by atoms with Gasteiger partial charge in [0.25, 0.3) is 0 Å². The van der Waals surface area contributed by atoms with Crippen molar-refractivity contribution in [1.29, 1.82) is 0 Å². The van der Waals surface area contributed by atoms with E-state index in [1.165, 1.54) is 17.0 Å². The molecule has 7 rings (SSSR count). The van der Waals surface area contributed by atoms with E-state index in [-0.39, 0.29) is 23.3 Å². The zero-order chi connectivity index (χ0) is 22.2. The van der Waals surface area contributed by atoms with E-state index in [0.29, 0.717) is 12.1 Å². The van der Waals surface area contributed by atoms with Crippen LogP contribution in [0.25, 0.3) is 0 Å². The average molecular weight is 423 g/mol. The highest BCUT2D eigenvalue weighted by Gasteiger charge is 2.67. The molecule has 0 saturated carbocycles. The van der Waals surface area contributed by atoms with Crippen molar-refractivity contribution < 1.29 is 19.5 Å². The second-order valence-corrected chi connectivity index (χ2v) is 8.84. The molecule has 1 fully saturated rings. The van der Waals surface area contributed by atoms with Gasteiger partial charge in [0.1, 0.15) is 0 Å². The smallest absolute Gasteiger partial charge is 0.335 e. The zero-order valence-corrected chi connectivity index (χ0v) is 17.5. The summed E-state index contributed by atoms with van der Waals surface area (Å²) in [4.78, 5) is 40.3. The lowest BCUT2D eigenvalue weighted by Gasteiger charge is -2.54. The number of amides is 2. The Labute approximate surface area is 185 Å². The summed E-state index contributed by atoms with van der Waals surface area (Å²) in [5.41, 5.74) is 4.56. The van der Waals surface area contributed by atoms with Crippen LogP contribution in [0.1, 0.15) is 51.9 Å². The van der Waals surface area contributed by atoms with E-state index in [2.05, 4.69) is 31.2 Å². The molecule has 32 heavy (non-hydrogen) atoms. The fraction of sp³-hybridized carbons (Fsp3) is 0.222. The van der Waals surface area contributed by atoms with Crippen LogP contribution in [0.4, 0.5) is 5.69 Å². The Kier molecular flexibility index (Phi) is 3.79. The molecule has 1 heterocycles. The Balaban J connectivity index is 1.58. The highest BCUT2D eigenvalue weighted by atomic mass is 16.4. The van der Waals surface area contributed by atoms with Crippen molar-refractivity contribution in [2.24, 2.45) is 11.8 Å². The number of anilines is 1. The van der Waals surface area contributed by atoms with Gasteiger partial charge in [0.2, 0.25) is 11.8 Å². The Hall–Kier alpha value is -3.73. The van der Waals surface area contributed by atoms with Crippen LogP contribution in [0.5, 0.6) is 0 Å². The maximum Gasteiger partial charge on any atom is 0.335 e. The largest absolute Gasteiger partial charge is 0.478 e. The molecule has 1 saturated heterocycles. The van der Waals surface area contributed by atoms with Gasteiger partial charge in [-0.2, -0.15) is 0 Å². The first-order valence-electron chi connectivity index (χ1n) is 10.9. The summed E-state index contributed by atoms with van der Waals surface area (Å²) >= 11 is 0. The second-order valence-electron chi connectivity index (χ2n) is 8.84. The summed E-state index contributed by atoms with van der Waals surface area (Å²) in [6, 6.07) is 22.4. The van der Waals surface area contributed by atoms with Crippen LogP contribution >= 0.6 is 0 Å². The van der Waals surface area contributed by atoms with E-state index >= 15 is 0 Å². The molecule has 2 bridgehead atoms. The quantitative estimate of drug-likeness (QED) is 0.636. The van der Waals surface area contributed by atoms with E-state index < -0.39 is 23.2 Å². The topological polar surface area (TPSA) is 74.7 Å². The van der Waals surface area contributed by atoms with E-state index in [9.17, 15) is 19.5 Å². The van der Waals surface area contributed by atoms with Gasteiger partial charge >= 0.3 is 5.97 Å². The van der Waals surface area contributed by atoms with Crippen molar-refractivity contribution in [2.45, 2.75) is 24.7 Å². The zero-order valence-electron chi connectivity index (χ0n) is 17.5. The van der Waals surface area contributed by atoms with E-state index in [0.717, 1.165) is 22.3 Å². The lowest BCUT2D eigenvalue weighted by molar-refractivity contribution is -0.123. The maximum atomic E-state index is 13.9. The summed E-state index contributed by atoms with van der Waals surface area (Å²) in [5, 5.41) is 9.21. The molecule has 2 atom stereocenters. The number of carbonyl (C=O) groups excluding carboxylic acids is 2. The predicted molar refractivity (Wildman–Crippen MR) is 119 cm³/mol. The number of hydrogen-bond donors (Lipinski definition) is 1. The van der Waals surface area contributed by atoms with Gasteiger partial charge in [0.05, 0.1) is 23.1 Å². The normalized spacial score (nSPS) is 27.2. The lowest BCUT2D eigenvalue weighted by Crippen LogP contribution is -2.53. The first-order chi connectivity index (χ1) is 15.5. The molecule has 0 aromatic heterocycles. The number of nitrogens with zero attached hydrogens (tertiary/aromatic N) is 1. The van der Waals surface area contributed by atoms with Gasteiger partial charge in [-0.05, 0) is 52.9 Å². The minimum absolute atomic E-state index is 0.121. The third kappa shape index (κ3) is 2.11. The molecule has 5 heteroatoms. The first kappa shape index (κ1) is 19.0. The van der Waals surface area contributed by atoms with E-state index in [1.54, 1.807) is 12.1 Å². The van der Waals surface area contributed by atoms with E-state index in [1.807, 2.05) is 24.3 Å². The highest BCUT2D eigenvalue weighted by Crippen LogP contribution is 2.65. The van der Waals surface area contributed by atoms with Crippen molar-refractivity contribution in [3.05, 3.63) is 101 Å². The molecule has 4 aliphatic rings. The van der Waals surface area contributed by atoms with Crippen molar-refractivity contribution in [3.63, 3.8) is 0 Å². The molecule has 0 radical (unpaired) electrons. The Morgan fingerprint density at radius 1 is 0.875 bits per heavy atom. The predicted octanol–water partition coefficient (Wildman–Crippen LogP) is 4.35. The fourth-order valence-corrected chi connectivity index (χ4v) is 6.54. The number of aromatic carboxylic acids is 1. The Morgan fingerprint density at radius 3 is 1.97 bits per heavy atom. The summed E-state index contributed by atoms with van der Waals surface area (Å²) in [7, 11) is 0. The van der Waals surface area contributed by atoms with Crippen molar-refractivity contribution in [3.8, 4) is 0 Å². The number of carbonyl (C=O) groups is 3. The number of hydrogen-bond acceptors (Lipinski definition) is 3. The van der Waals surface area contributed by atoms with Gasteiger partial charge in [-0.1, -0.05) is 55.5 Å². The van der Waals surface area contributed by atoms with Crippen LogP contribution in [0.3, 0.4) is 0 Å². The number of rotatable bonds is 3. The van der Waals surface area contributed by atoms with Gasteiger partial charge in [0, 0.05) is 11.3 Å². The van der Waals surface area contributed by atoms with Gasteiger partial charge < -0.3 is 5.11 Å². The van der Waals surface area contributed by atoms with Crippen molar-refractivity contribution in [2.75, 3.05) is 4.90 Å². The van der Waals surface area contributed by atoms with Gasteiger partial charge in [-0.25, -0.2) is 9.69 Å². The van der Waals surface area contributed by atoms with E-state index in [4.69, 9.17) is 0 Å². The molecular formula is C27H21NO4. The minimum atomic E-state index is -1.04. The molecule has 3 aliphatic carbocycles. The SMILES string of the molecule is CCC12c3ccccc3C(c3ccccc31)[C@@H]1C(=O)N(c3ccc(C(=O)O)cc3)C(=O)[C@@H]12. The van der Waals surface area contributed by atoms with Crippen LogP contribution in [-0.4, -0.2) is 22.9 Å². The summed E-state index contributed by atoms with van der Waals surface area (Å²) in [6.45, 7) is 2.10. The van der Waals surface area contributed by atoms with Gasteiger partial charge in [0.15, 0.2) is 0 Å². The lowest BCUT2D eigenvalue weighted by atomic mass is 9.46. The Morgan fingerprint density at radius 2 is 1.44 bits per heavy atom. The number of carboxylic acid groups (broad SMARTS) is 1. The van der Waals surface area contributed by atoms with Gasteiger partial charge in [-0.3, -0.25) is 9.59 Å². The van der Waals surface area contributed by atoms with Crippen LogP contribution in [0.15, 0.2) is 72.8 Å². The number of carboxylic acids is 1. The molecule has 158 valence electrons. The summed E-state index contributed by atoms with van der Waals surface area (Å²) < 4.78 is 0. The Bertz CT molecular complexity index is 1260. The first-order valence-corrected chi connectivity index (χ1v) is 10.9. The van der Waals surface area contributed by atoms with Crippen molar-refractivity contribution in [1.82, 2.24) is 0 Å². The third-order valence-corrected chi connectivity index (χ3v) is 7.72. The molecular weight excluding hydrogens is 402 g/mol. The monoisotopic (exact) mass is 423 g/mol. The standard InChI is InChI=1S/C27H21NO4/c1-2-27-19-9-5-3-7-17(19)21(18-8-4-6-10-20(18)27)22-23(27)25(30)28(24(22)29)16-13-11-15(12-14-16)26(31)32/h3-14,21-23H,2H2,1H3,(H,31,32)/t21?,22-,23+,27?/m0/s1. The van der Waals surface area contributed by atoms with Gasteiger partial charge in [-0.15, -0.1) is 0 Å². The molecule has 1 aliphatic heterocycles. The minimum Gasteiger partial charge on any atom is -0.478 e. The molecule has 0 unspecified atom stereocenters. The summed E-state index contributed by atoms with van der Waals surface area (Å²) in [5.74, 6) is -2.55. The summed E-state index contributed by atoms with van der Waals surface area (Å²) in [6.07, 6.45) is 0.708. The highest BCUT2D eigenvalue weighted by molar-refractivity contribution is 6.23. The van der Waals surface area contributed by atoms with Crippen LogP contribution < -0.4 is 4.90 Å². The molecule has 2 amide bonds. The molecule has 5 nitrogen and oxygen atoms in total. The number of imide groups is 1. The molecule has 1 N–H and O–H groups in total. The van der Waals surface area contributed by atoms with Crippen LogP contribution in [-0.2, 0) is 15.0 Å². The average Bonchev–Trinajstić information content (AvgIpc) is 3.10. The number of benzene rings is 3. The maximum absolute atomic E-state index is 13.9. The third-order valence-electron chi connectivity index (χ3n) is 7.72. The second kappa shape index (κ2) is 6.39. The van der Waals surface area contributed by atoms with Crippen LogP contribution in [0.2, 0.25) is 0 Å².